The van der Waals surface area contributed by atoms with Crippen LogP contribution in [0.4, 0.5) is 13.2 Å². The molecule has 0 bridgehead atoms. The van der Waals surface area contributed by atoms with Crippen LogP contribution in [0.25, 0.3) is 0 Å². The van der Waals surface area contributed by atoms with Crippen LogP contribution in [-0.2, 0) is 12.6 Å². The largest absolute Gasteiger partial charge is 0.475 e. The second kappa shape index (κ2) is 11.4. The SMILES string of the molecule is CN=C(NCCOc1ncccc1C(F)(F)F)NCCc1nc(C)c(C)s1.I. The molecule has 28 heavy (non-hydrogen) atoms. The number of alkyl halides is 3. The number of nitrogens with zero attached hydrogens (tertiary/aromatic N) is 3. The summed E-state index contributed by atoms with van der Waals surface area (Å²) in [5, 5.41) is 7.17. The van der Waals surface area contributed by atoms with Gasteiger partial charge in [-0.3, -0.25) is 4.99 Å². The highest BCUT2D eigenvalue weighted by molar-refractivity contribution is 14.0. The second-order valence-electron chi connectivity index (χ2n) is 5.63. The highest BCUT2D eigenvalue weighted by atomic mass is 127. The minimum atomic E-state index is -4.50. The molecule has 2 N–H and O–H groups in total. The third kappa shape index (κ3) is 7.41. The first-order valence-corrected chi connectivity index (χ1v) is 9.15. The van der Waals surface area contributed by atoms with Crippen molar-refractivity contribution in [3.63, 3.8) is 0 Å². The zero-order valence-corrected chi connectivity index (χ0v) is 18.9. The molecule has 2 rings (SSSR count). The summed E-state index contributed by atoms with van der Waals surface area (Å²) in [6.07, 6.45) is -2.47. The molecule has 2 heterocycles. The Bertz CT molecular complexity index is 763. The lowest BCUT2D eigenvalue weighted by Gasteiger charge is -2.14. The van der Waals surface area contributed by atoms with E-state index in [1.807, 2.05) is 13.8 Å². The molecule has 0 radical (unpaired) electrons. The third-order valence-electron chi connectivity index (χ3n) is 3.64. The van der Waals surface area contributed by atoms with E-state index in [9.17, 15) is 13.2 Å². The van der Waals surface area contributed by atoms with Gasteiger partial charge in [0.05, 0.1) is 17.2 Å². The van der Waals surface area contributed by atoms with E-state index in [-0.39, 0.29) is 37.1 Å². The van der Waals surface area contributed by atoms with Gasteiger partial charge in [-0.1, -0.05) is 0 Å². The fourth-order valence-electron chi connectivity index (χ4n) is 2.19. The van der Waals surface area contributed by atoms with Crippen molar-refractivity contribution in [1.29, 1.82) is 0 Å². The molecule has 0 amide bonds. The Balaban J connectivity index is 0.00000392. The molecule has 0 aromatic carbocycles. The number of thiazole rings is 1. The second-order valence-corrected chi connectivity index (χ2v) is 6.92. The maximum Gasteiger partial charge on any atom is 0.421 e. The van der Waals surface area contributed by atoms with Gasteiger partial charge in [-0.15, -0.1) is 35.3 Å². The van der Waals surface area contributed by atoms with E-state index in [1.165, 1.54) is 17.1 Å². The summed E-state index contributed by atoms with van der Waals surface area (Å²) in [4.78, 5) is 13.4. The lowest BCUT2D eigenvalue weighted by molar-refractivity contribution is -0.139. The van der Waals surface area contributed by atoms with E-state index in [4.69, 9.17) is 4.74 Å². The van der Waals surface area contributed by atoms with Crippen LogP contribution in [0.1, 0.15) is 21.1 Å². The van der Waals surface area contributed by atoms with Gasteiger partial charge in [-0.2, -0.15) is 13.2 Å². The normalized spacial score (nSPS) is 11.7. The van der Waals surface area contributed by atoms with Crippen molar-refractivity contribution in [2.75, 3.05) is 26.7 Å². The Morgan fingerprint density at radius 1 is 1.25 bits per heavy atom. The Hall–Kier alpha value is -1.63. The van der Waals surface area contributed by atoms with Gasteiger partial charge in [0.25, 0.3) is 0 Å². The number of hydrogen-bond acceptors (Lipinski definition) is 5. The van der Waals surface area contributed by atoms with Gasteiger partial charge in [0.15, 0.2) is 5.96 Å². The zero-order valence-electron chi connectivity index (χ0n) is 15.8. The van der Waals surface area contributed by atoms with Crippen LogP contribution in [0.2, 0.25) is 0 Å². The van der Waals surface area contributed by atoms with Gasteiger partial charge >= 0.3 is 6.18 Å². The van der Waals surface area contributed by atoms with Gasteiger partial charge in [0.1, 0.15) is 12.2 Å². The van der Waals surface area contributed by atoms with E-state index < -0.39 is 17.6 Å². The quantitative estimate of drug-likeness (QED) is 0.249. The van der Waals surface area contributed by atoms with Crippen molar-refractivity contribution < 1.29 is 17.9 Å². The predicted octanol–water partition coefficient (Wildman–Crippen LogP) is 3.58. The molecule has 0 fully saturated rings. The number of rotatable bonds is 7. The smallest absolute Gasteiger partial charge is 0.421 e. The molecule has 0 atom stereocenters. The maximum atomic E-state index is 12.9. The van der Waals surface area contributed by atoms with Crippen molar-refractivity contribution in [3.05, 3.63) is 39.5 Å². The fourth-order valence-corrected chi connectivity index (χ4v) is 3.13. The summed E-state index contributed by atoms with van der Waals surface area (Å²) in [6, 6.07) is 2.17. The standard InChI is InChI=1S/C17H22F3N5OS.HI/c1-11-12(2)27-14(25-11)6-8-23-16(21-3)24-9-10-26-15-13(17(18,19)20)5-4-7-22-15;/h4-5,7H,6,8-10H2,1-3H3,(H2,21,23,24);1H. The van der Waals surface area contributed by atoms with E-state index in [0.717, 1.165) is 23.2 Å². The number of ether oxygens (including phenoxy) is 1. The Morgan fingerprint density at radius 2 is 1.96 bits per heavy atom. The summed E-state index contributed by atoms with van der Waals surface area (Å²) in [5.41, 5.74) is 0.156. The average Bonchev–Trinajstić information content (AvgIpc) is 2.94. The summed E-state index contributed by atoms with van der Waals surface area (Å²) in [7, 11) is 1.62. The minimum Gasteiger partial charge on any atom is -0.475 e. The maximum absolute atomic E-state index is 12.9. The van der Waals surface area contributed by atoms with Crippen LogP contribution in [0, 0.1) is 13.8 Å². The van der Waals surface area contributed by atoms with Crippen molar-refractivity contribution in [2.45, 2.75) is 26.4 Å². The molecule has 0 aliphatic heterocycles. The summed E-state index contributed by atoms with van der Waals surface area (Å²) < 4.78 is 43.8. The minimum absolute atomic E-state index is 0. The molecular weight excluding hydrogens is 506 g/mol. The summed E-state index contributed by atoms with van der Waals surface area (Å²) in [5.74, 6) is 0.116. The average molecular weight is 529 g/mol. The van der Waals surface area contributed by atoms with Crippen molar-refractivity contribution >= 4 is 41.3 Å². The molecule has 2 aromatic rings. The first kappa shape index (κ1) is 24.4. The van der Waals surface area contributed by atoms with Crippen LogP contribution in [-0.4, -0.2) is 42.7 Å². The van der Waals surface area contributed by atoms with Gasteiger partial charge in [0.2, 0.25) is 5.88 Å². The predicted molar refractivity (Wildman–Crippen MR) is 115 cm³/mol. The van der Waals surface area contributed by atoms with E-state index >= 15 is 0 Å². The van der Waals surface area contributed by atoms with Crippen LogP contribution in [0.3, 0.4) is 0 Å². The van der Waals surface area contributed by atoms with E-state index in [1.54, 1.807) is 18.4 Å². The topological polar surface area (TPSA) is 71.4 Å². The monoisotopic (exact) mass is 529 g/mol. The van der Waals surface area contributed by atoms with Crippen molar-refractivity contribution in [1.82, 2.24) is 20.6 Å². The number of pyridine rings is 1. The number of nitrogens with one attached hydrogen (secondary N) is 2. The number of aromatic nitrogens is 2. The van der Waals surface area contributed by atoms with E-state index in [2.05, 4.69) is 25.6 Å². The number of halogens is 4. The number of aryl methyl sites for hydroxylation is 2. The van der Waals surface area contributed by atoms with Crippen LogP contribution in [0.15, 0.2) is 23.3 Å². The fraction of sp³-hybridized carbons (Fsp3) is 0.471. The van der Waals surface area contributed by atoms with Crippen LogP contribution in [0.5, 0.6) is 5.88 Å². The Kier molecular flexibility index (Phi) is 9.93. The molecule has 0 spiro atoms. The van der Waals surface area contributed by atoms with Crippen molar-refractivity contribution in [2.24, 2.45) is 4.99 Å². The van der Waals surface area contributed by atoms with Crippen molar-refractivity contribution in [3.8, 4) is 5.88 Å². The molecule has 0 saturated carbocycles. The first-order valence-electron chi connectivity index (χ1n) is 8.33. The number of aliphatic imine (C=N–C) groups is 1. The summed E-state index contributed by atoms with van der Waals surface area (Å²) >= 11 is 1.67. The molecule has 0 aliphatic carbocycles. The van der Waals surface area contributed by atoms with Crippen LogP contribution < -0.4 is 15.4 Å². The first-order chi connectivity index (χ1) is 12.8. The number of guanidine groups is 1. The lowest BCUT2D eigenvalue weighted by Crippen LogP contribution is -2.40. The molecule has 0 unspecified atom stereocenters. The Labute approximate surface area is 183 Å². The molecule has 0 aliphatic rings. The van der Waals surface area contributed by atoms with Gasteiger partial charge in [-0.25, -0.2) is 9.97 Å². The highest BCUT2D eigenvalue weighted by Gasteiger charge is 2.34. The highest BCUT2D eigenvalue weighted by Crippen LogP contribution is 2.34. The zero-order chi connectivity index (χ0) is 19.9. The molecule has 0 saturated heterocycles. The van der Waals surface area contributed by atoms with Gasteiger partial charge < -0.3 is 15.4 Å². The Morgan fingerprint density at radius 3 is 2.57 bits per heavy atom. The molecular formula is C17H23F3IN5OS. The molecule has 156 valence electrons. The lowest BCUT2D eigenvalue weighted by atomic mass is 10.2. The molecule has 11 heteroatoms. The summed E-state index contributed by atoms with van der Waals surface area (Å²) in [6.45, 7) is 4.96. The third-order valence-corrected chi connectivity index (χ3v) is 4.77. The van der Waals surface area contributed by atoms with Crippen LogP contribution >= 0.6 is 35.3 Å². The number of hydrogen-bond donors (Lipinski definition) is 2. The van der Waals surface area contributed by atoms with E-state index in [0.29, 0.717) is 12.5 Å². The van der Waals surface area contributed by atoms with Gasteiger partial charge in [-0.05, 0) is 26.0 Å². The molecule has 6 nitrogen and oxygen atoms in total. The van der Waals surface area contributed by atoms with Gasteiger partial charge in [0, 0.05) is 31.1 Å². The molecule has 2 aromatic heterocycles.